The van der Waals surface area contributed by atoms with Gasteiger partial charge in [-0.3, -0.25) is 14.9 Å². The number of carbonyl (C=O) groups is 2. The van der Waals surface area contributed by atoms with E-state index in [1.165, 1.54) is 31.5 Å². The van der Waals surface area contributed by atoms with Gasteiger partial charge in [0, 0.05) is 57.3 Å². The fraction of sp³-hybridized carbons (Fsp3) is 0.292. The number of nitrogens with two attached hydrogens (primary N) is 1. The SMILES string of the molecule is CNc1ncc(-c2nc(Nc3cc([N+](=O)[O-])c(N(C)CCN(C)C)cc3OC)ncc2C(=O)O)cc1C(N)=O. The molecule has 39 heavy (non-hydrogen) atoms. The minimum Gasteiger partial charge on any atom is -0.494 e. The predicted molar refractivity (Wildman–Crippen MR) is 145 cm³/mol. The molecule has 0 aliphatic carbocycles. The molecule has 0 aliphatic rings. The van der Waals surface area contributed by atoms with Gasteiger partial charge in [0.1, 0.15) is 22.8 Å². The zero-order valence-corrected chi connectivity index (χ0v) is 22.1. The number of hydrogen-bond donors (Lipinski definition) is 4. The first kappa shape index (κ1) is 28.5. The summed E-state index contributed by atoms with van der Waals surface area (Å²) in [5.74, 6) is -1.67. The Labute approximate surface area is 223 Å². The van der Waals surface area contributed by atoms with Gasteiger partial charge in [-0.15, -0.1) is 0 Å². The average molecular weight is 540 g/mol. The number of anilines is 4. The number of primary amides is 1. The van der Waals surface area contributed by atoms with Gasteiger partial charge in [-0.25, -0.2) is 19.7 Å². The summed E-state index contributed by atoms with van der Waals surface area (Å²) in [5.41, 5.74) is 5.72. The number of aromatic nitrogens is 3. The summed E-state index contributed by atoms with van der Waals surface area (Å²) < 4.78 is 5.47. The monoisotopic (exact) mass is 539 g/mol. The van der Waals surface area contributed by atoms with Crippen molar-refractivity contribution < 1.29 is 24.4 Å². The van der Waals surface area contributed by atoms with Gasteiger partial charge in [-0.05, 0) is 20.2 Å². The van der Waals surface area contributed by atoms with E-state index in [1.807, 2.05) is 19.0 Å². The number of carboxylic acid groups (broad SMARTS) is 1. The maximum absolute atomic E-state index is 11.9. The van der Waals surface area contributed by atoms with Gasteiger partial charge >= 0.3 is 5.97 Å². The van der Waals surface area contributed by atoms with Gasteiger partial charge < -0.3 is 36.0 Å². The van der Waals surface area contributed by atoms with E-state index in [1.54, 1.807) is 19.0 Å². The third kappa shape index (κ3) is 6.45. The first-order valence-corrected chi connectivity index (χ1v) is 11.5. The van der Waals surface area contributed by atoms with E-state index >= 15 is 0 Å². The Morgan fingerprint density at radius 2 is 1.85 bits per heavy atom. The molecule has 3 rings (SSSR count). The van der Waals surface area contributed by atoms with Crippen molar-refractivity contribution in [3.05, 3.63) is 51.8 Å². The summed E-state index contributed by atoms with van der Waals surface area (Å²) in [4.78, 5) is 51.4. The number of carbonyl (C=O) groups excluding carboxylic acids is 1. The number of likely N-dealkylation sites (N-methyl/N-ethyl adjacent to an activating group) is 2. The van der Waals surface area contributed by atoms with Gasteiger partial charge in [-0.2, -0.15) is 0 Å². The van der Waals surface area contributed by atoms with Gasteiger partial charge in [-0.1, -0.05) is 0 Å². The van der Waals surface area contributed by atoms with E-state index in [-0.39, 0.29) is 51.3 Å². The number of amides is 1. The second-order valence-electron chi connectivity index (χ2n) is 8.64. The largest absolute Gasteiger partial charge is 0.494 e. The molecule has 2 aromatic heterocycles. The van der Waals surface area contributed by atoms with E-state index in [4.69, 9.17) is 10.5 Å². The van der Waals surface area contributed by atoms with Crippen molar-refractivity contribution in [1.29, 1.82) is 0 Å². The van der Waals surface area contributed by atoms with Crippen LogP contribution in [0.4, 0.5) is 28.8 Å². The highest BCUT2D eigenvalue weighted by Gasteiger charge is 2.24. The van der Waals surface area contributed by atoms with Crippen LogP contribution in [0.5, 0.6) is 5.75 Å². The summed E-state index contributed by atoms with van der Waals surface area (Å²) in [6, 6.07) is 4.19. The Kier molecular flexibility index (Phi) is 8.77. The van der Waals surface area contributed by atoms with Crippen LogP contribution in [0.1, 0.15) is 20.7 Å². The Morgan fingerprint density at radius 1 is 1.13 bits per heavy atom. The van der Waals surface area contributed by atoms with Gasteiger partial charge in [0.25, 0.3) is 11.6 Å². The molecule has 0 saturated carbocycles. The van der Waals surface area contributed by atoms with Crippen molar-refractivity contribution in [1.82, 2.24) is 19.9 Å². The van der Waals surface area contributed by atoms with Crippen LogP contribution in [0.25, 0.3) is 11.3 Å². The Balaban J connectivity index is 2.09. The molecule has 0 bridgehead atoms. The standard InChI is InChI=1S/C24H29N9O6/c1-26-22-14(21(25)34)8-13(11-27-22)20-15(23(35)36)12-28-24(30-20)29-16-9-18(33(37)38)17(10-19(16)39-5)32(4)7-6-31(2)3/h8-12H,6-7H2,1-5H3,(H2,25,34)(H,26,27)(H,35,36)(H,28,29,30). The molecule has 1 aromatic carbocycles. The smallest absolute Gasteiger partial charge is 0.339 e. The number of benzene rings is 1. The van der Waals surface area contributed by atoms with Crippen molar-refractivity contribution in [3.8, 4) is 17.0 Å². The lowest BCUT2D eigenvalue weighted by Crippen LogP contribution is -2.29. The van der Waals surface area contributed by atoms with Crippen LogP contribution in [-0.4, -0.2) is 90.1 Å². The molecule has 0 fully saturated rings. The third-order valence-corrected chi connectivity index (χ3v) is 5.72. The van der Waals surface area contributed by atoms with E-state index in [9.17, 15) is 24.8 Å². The first-order valence-electron chi connectivity index (χ1n) is 11.5. The number of pyridine rings is 1. The fourth-order valence-electron chi connectivity index (χ4n) is 3.67. The third-order valence-electron chi connectivity index (χ3n) is 5.72. The lowest BCUT2D eigenvalue weighted by molar-refractivity contribution is -0.384. The Morgan fingerprint density at radius 3 is 2.41 bits per heavy atom. The molecule has 0 atom stereocenters. The summed E-state index contributed by atoms with van der Waals surface area (Å²) in [5, 5.41) is 27.2. The molecular formula is C24H29N9O6. The van der Waals surface area contributed by atoms with Gasteiger partial charge in [0.05, 0.1) is 29.0 Å². The average Bonchev–Trinajstić information content (AvgIpc) is 2.90. The van der Waals surface area contributed by atoms with E-state index in [0.29, 0.717) is 18.8 Å². The van der Waals surface area contributed by atoms with Crippen LogP contribution in [0.2, 0.25) is 0 Å². The molecule has 1 amide bonds. The normalized spacial score (nSPS) is 10.7. The molecule has 0 radical (unpaired) electrons. The second-order valence-corrected chi connectivity index (χ2v) is 8.64. The van der Waals surface area contributed by atoms with Crippen molar-refractivity contribution in [2.75, 3.05) is 63.9 Å². The molecule has 0 aliphatic heterocycles. The topological polar surface area (TPSA) is 202 Å². The highest BCUT2D eigenvalue weighted by molar-refractivity contribution is 6.00. The molecule has 15 heteroatoms. The Bertz CT molecular complexity index is 1410. The van der Waals surface area contributed by atoms with Crippen molar-refractivity contribution in [2.24, 2.45) is 5.73 Å². The number of aromatic carboxylic acids is 1. The van der Waals surface area contributed by atoms with Crippen LogP contribution in [-0.2, 0) is 0 Å². The molecule has 5 N–H and O–H groups in total. The van der Waals surface area contributed by atoms with Crippen LogP contribution in [0.3, 0.4) is 0 Å². The summed E-state index contributed by atoms with van der Waals surface area (Å²) in [6.45, 7) is 1.20. The van der Waals surface area contributed by atoms with E-state index in [0.717, 1.165) is 6.20 Å². The predicted octanol–water partition coefficient (Wildman–Crippen LogP) is 2.04. The van der Waals surface area contributed by atoms with E-state index in [2.05, 4.69) is 25.6 Å². The maximum atomic E-state index is 11.9. The van der Waals surface area contributed by atoms with Gasteiger partial charge in [0.2, 0.25) is 5.95 Å². The van der Waals surface area contributed by atoms with Gasteiger partial charge in [0.15, 0.2) is 0 Å². The van der Waals surface area contributed by atoms with Crippen molar-refractivity contribution >= 4 is 40.7 Å². The number of rotatable bonds is 12. The molecule has 0 unspecified atom stereocenters. The molecule has 15 nitrogen and oxygen atoms in total. The minimum absolute atomic E-state index is 0.0331. The first-order chi connectivity index (χ1) is 18.5. The summed E-state index contributed by atoms with van der Waals surface area (Å²) in [7, 11) is 8.52. The fourth-order valence-corrected chi connectivity index (χ4v) is 3.67. The number of methoxy groups -OCH3 is 1. The summed E-state index contributed by atoms with van der Waals surface area (Å²) >= 11 is 0. The number of nitrogens with one attached hydrogen (secondary N) is 2. The van der Waals surface area contributed by atoms with Crippen LogP contribution in [0, 0.1) is 10.1 Å². The Hall–Kier alpha value is -5.05. The number of ether oxygens (including phenoxy) is 1. The minimum atomic E-state index is -1.31. The number of nitro groups is 1. The molecule has 0 spiro atoms. The molecule has 0 saturated heterocycles. The van der Waals surface area contributed by atoms with Crippen LogP contribution >= 0.6 is 0 Å². The number of nitro benzene ring substituents is 1. The number of carboxylic acids is 1. The second kappa shape index (κ2) is 12.0. The number of nitrogens with zero attached hydrogens (tertiary/aromatic N) is 6. The van der Waals surface area contributed by atoms with E-state index < -0.39 is 16.8 Å². The maximum Gasteiger partial charge on any atom is 0.339 e. The highest BCUT2D eigenvalue weighted by atomic mass is 16.6. The highest BCUT2D eigenvalue weighted by Crippen LogP contribution is 2.39. The lowest BCUT2D eigenvalue weighted by Gasteiger charge is -2.22. The molecule has 3 aromatic rings. The lowest BCUT2D eigenvalue weighted by atomic mass is 10.1. The zero-order valence-electron chi connectivity index (χ0n) is 22.1. The molecule has 2 heterocycles. The zero-order chi connectivity index (χ0) is 28.9. The quantitative estimate of drug-likeness (QED) is 0.192. The van der Waals surface area contributed by atoms with Crippen LogP contribution < -0.4 is 26.0 Å². The summed E-state index contributed by atoms with van der Waals surface area (Å²) in [6.07, 6.45) is 2.41. The molecule has 206 valence electrons. The van der Waals surface area contributed by atoms with Crippen molar-refractivity contribution in [3.63, 3.8) is 0 Å². The van der Waals surface area contributed by atoms with Crippen LogP contribution in [0.15, 0.2) is 30.6 Å². The number of hydrogen-bond acceptors (Lipinski definition) is 12. The molecular weight excluding hydrogens is 510 g/mol. The van der Waals surface area contributed by atoms with Crippen molar-refractivity contribution in [2.45, 2.75) is 0 Å².